The maximum absolute atomic E-state index is 4.82. The van der Waals surface area contributed by atoms with E-state index >= 15 is 0 Å². The smallest absolute Gasteiger partial charge is 0.0239 e. The first-order valence-electron chi connectivity index (χ1n) is 11.1. The molecule has 30 heavy (non-hydrogen) atoms. The topological polar surface area (TPSA) is 12.9 Å². The van der Waals surface area contributed by atoms with Gasteiger partial charge < -0.3 is 4.98 Å². The molecule has 4 aliphatic rings. The van der Waals surface area contributed by atoms with Crippen LogP contribution in [0.1, 0.15) is 43.6 Å². The Morgan fingerprint density at radius 2 is 1.63 bits per heavy atom. The summed E-state index contributed by atoms with van der Waals surface area (Å²) < 4.78 is 2.67. The number of hydrogen-bond acceptors (Lipinski definition) is 2. The number of nitrogens with zero attached hydrogens (tertiary/aromatic N) is 1. The molecule has 2 heterocycles. The maximum Gasteiger partial charge on any atom is 0.0239 e. The second-order valence-electron chi connectivity index (χ2n) is 9.62. The van der Waals surface area contributed by atoms with Crippen molar-refractivity contribution in [3.63, 3.8) is 0 Å². The van der Waals surface area contributed by atoms with Crippen molar-refractivity contribution in [2.24, 2.45) is 23.7 Å². The molecule has 3 heteroatoms. The number of aromatic nitrogens is 1. The van der Waals surface area contributed by atoms with E-state index in [0.717, 1.165) is 35.3 Å². The third-order valence-corrected chi connectivity index (χ3v) is 9.19. The van der Waals surface area contributed by atoms with Gasteiger partial charge in [0.05, 0.1) is 0 Å². The molecule has 4 aromatic rings. The molecular formula is C27H24IrNS-. The third kappa shape index (κ3) is 2.86. The molecule has 4 saturated carbocycles. The van der Waals surface area contributed by atoms with Crippen LogP contribution in [0.3, 0.4) is 0 Å². The summed E-state index contributed by atoms with van der Waals surface area (Å²) in [6, 6.07) is 21.3. The molecule has 0 saturated heterocycles. The van der Waals surface area contributed by atoms with Crippen LogP contribution in [0.5, 0.6) is 0 Å². The fourth-order valence-corrected chi connectivity index (χ4v) is 8.35. The fourth-order valence-electron chi connectivity index (χ4n) is 7.14. The third-order valence-electron chi connectivity index (χ3n) is 7.99. The Bertz CT molecular complexity index is 1210. The van der Waals surface area contributed by atoms with Gasteiger partial charge in [-0.3, -0.25) is 0 Å². The SMILES string of the molecule is [Ir].[c-]1ccc2c(sc3ccccc32)c1-c1cc(C2C3CC4CC(C3)CC2C4)ccn1. The van der Waals surface area contributed by atoms with Gasteiger partial charge in [-0.25, -0.2) is 0 Å². The van der Waals surface area contributed by atoms with Crippen molar-refractivity contribution >= 4 is 31.5 Å². The average Bonchev–Trinajstić information content (AvgIpc) is 3.12. The van der Waals surface area contributed by atoms with Gasteiger partial charge in [-0.15, -0.1) is 23.8 Å². The fraction of sp³-hybridized carbons (Fsp3) is 0.370. The Morgan fingerprint density at radius 3 is 2.43 bits per heavy atom. The van der Waals surface area contributed by atoms with Gasteiger partial charge in [0.2, 0.25) is 0 Å². The Hall–Kier alpha value is -1.54. The first-order valence-corrected chi connectivity index (χ1v) is 11.9. The molecule has 0 amide bonds. The summed E-state index contributed by atoms with van der Waals surface area (Å²) in [4.78, 5) is 4.82. The summed E-state index contributed by atoms with van der Waals surface area (Å²) in [5.41, 5.74) is 3.82. The molecule has 8 rings (SSSR count). The Labute approximate surface area is 195 Å². The van der Waals surface area contributed by atoms with E-state index in [2.05, 4.69) is 60.8 Å². The zero-order valence-electron chi connectivity index (χ0n) is 16.8. The molecule has 2 aromatic carbocycles. The van der Waals surface area contributed by atoms with Crippen LogP contribution in [0.15, 0.2) is 54.7 Å². The van der Waals surface area contributed by atoms with Crippen molar-refractivity contribution in [2.45, 2.75) is 38.0 Å². The van der Waals surface area contributed by atoms with Crippen LogP contribution in [-0.2, 0) is 20.1 Å². The van der Waals surface area contributed by atoms with Gasteiger partial charge in [0, 0.05) is 31.0 Å². The van der Waals surface area contributed by atoms with E-state index in [1.165, 1.54) is 63.4 Å². The molecule has 0 spiro atoms. The molecule has 0 atom stereocenters. The molecule has 4 bridgehead atoms. The van der Waals surface area contributed by atoms with Crippen LogP contribution in [0.2, 0.25) is 0 Å². The summed E-state index contributed by atoms with van der Waals surface area (Å²) in [7, 11) is 0. The van der Waals surface area contributed by atoms with Crippen LogP contribution < -0.4 is 0 Å². The van der Waals surface area contributed by atoms with Gasteiger partial charge in [0.1, 0.15) is 0 Å². The maximum atomic E-state index is 4.82. The van der Waals surface area contributed by atoms with Crippen LogP contribution in [-0.4, -0.2) is 4.98 Å². The van der Waals surface area contributed by atoms with E-state index < -0.39 is 0 Å². The van der Waals surface area contributed by atoms with Crippen LogP contribution in [0.25, 0.3) is 31.4 Å². The molecule has 4 fully saturated rings. The molecule has 1 nitrogen and oxygen atoms in total. The van der Waals surface area contributed by atoms with E-state index in [4.69, 9.17) is 4.98 Å². The Morgan fingerprint density at radius 1 is 0.867 bits per heavy atom. The van der Waals surface area contributed by atoms with Gasteiger partial charge in [-0.05, 0) is 95.2 Å². The minimum atomic E-state index is 0. The van der Waals surface area contributed by atoms with Crippen molar-refractivity contribution in [3.05, 3.63) is 66.4 Å². The molecule has 4 aliphatic carbocycles. The minimum Gasteiger partial charge on any atom is -0.305 e. The largest absolute Gasteiger partial charge is 0.305 e. The van der Waals surface area contributed by atoms with E-state index in [-0.39, 0.29) is 20.1 Å². The summed E-state index contributed by atoms with van der Waals surface area (Å²) >= 11 is 1.88. The van der Waals surface area contributed by atoms with Crippen molar-refractivity contribution in [2.75, 3.05) is 0 Å². The van der Waals surface area contributed by atoms with Crippen molar-refractivity contribution in [3.8, 4) is 11.3 Å². The number of fused-ring (bicyclic) bond motifs is 3. The summed E-state index contributed by atoms with van der Waals surface area (Å²) in [6.45, 7) is 0. The Kier molecular flexibility index (Phi) is 4.64. The summed E-state index contributed by atoms with van der Waals surface area (Å²) in [6.07, 6.45) is 9.43. The first kappa shape index (κ1) is 19.2. The van der Waals surface area contributed by atoms with E-state index in [9.17, 15) is 0 Å². The zero-order valence-corrected chi connectivity index (χ0v) is 20.0. The summed E-state index contributed by atoms with van der Waals surface area (Å²) in [5.74, 6) is 4.62. The number of thiophene rings is 1. The molecule has 0 aliphatic heterocycles. The summed E-state index contributed by atoms with van der Waals surface area (Å²) in [5, 5.41) is 2.68. The van der Waals surface area contributed by atoms with E-state index in [1.807, 2.05) is 11.3 Å². The number of pyridine rings is 1. The van der Waals surface area contributed by atoms with Crippen molar-refractivity contribution < 1.29 is 20.1 Å². The molecule has 0 N–H and O–H groups in total. The predicted octanol–water partition coefficient (Wildman–Crippen LogP) is 7.45. The van der Waals surface area contributed by atoms with Crippen molar-refractivity contribution in [1.82, 2.24) is 4.98 Å². The average molecular weight is 587 g/mol. The van der Waals surface area contributed by atoms with Crippen molar-refractivity contribution in [1.29, 1.82) is 0 Å². The normalized spacial score (nSPS) is 29.4. The van der Waals surface area contributed by atoms with Gasteiger partial charge in [0.15, 0.2) is 0 Å². The Balaban J connectivity index is 0.00000175. The molecule has 0 unspecified atom stereocenters. The van der Waals surface area contributed by atoms with Crippen LogP contribution in [0, 0.1) is 29.7 Å². The van der Waals surface area contributed by atoms with E-state index in [0.29, 0.717) is 0 Å². The predicted molar refractivity (Wildman–Crippen MR) is 121 cm³/mol. The standard InChI is InChI=1S/C27H24NS.Ir/c1-2-7-25-21(4-1)22-5-3-6-23(27(22)29-25)24-15-18(8-9-28-24)26-19-11-16-10-17(13-19)14-20(26)12-16;/h1-5,7-9,15-17,19-20,26H,10-14H2;/q-1;. The monoisotopic (exact) mass is 587 g/mol. The second-order valence-corrected chi connectivity index (χ2v) is 10.7. The number of rotatable bonds is 2. The van der Waals surface area contributed by atoms with E-state index in [1.54, 1.807) is 0 Å². The van der Waals surface area contributed by atoms with Gasteiger partial charge in [0.25, 0.3) is 0 Å². The quantitative estimate of drug-likeness (QED) is 0.222. The van der Waals surface area contributed by atoms with Gasteiger partial charge in [-0.2, -0.15) is 11.3 Å². The first-order chi connectivity index (χ1) is 14.3. The van der Waals surface area contributed by atoms with Crippen LogP contribution in [0.4, 0.5) is 0 Å². The zero-order chi connectivity index (χ0) is 18.9. The molecular weight excluding hydrogens is 563 g/mol. The van der Waals surface area contributed by atoms with Gasteiger partial charge in [-0.1, -0.05) is 29.7 Å². The molecule has 2 aromatic heterocycles. The molecule has 1 radical (unpaired) electrons. The van der Waals surface area contributed by atoms with Crippen LogP contribution >= 0.6 is 11.3 Å². The number of hydrogen-bond donors (Lipinski definition) is 0. The minimum absolute atomic E-state index is 0. The number of benzene rings is 2. The second kappa shape index (κ2) is 7.26. The molecule has 153 valence electrons. The van der Waals surface area contributed by atoms with Gasteiger partial charge >= 0.3 is 0 Å².